The minimum Gasteiger partial charge on any atom is -0.396 e. The fourth-order valence-electron chi connectivity index (χ4n) is 3.17. The van der Waals surface area contributed by atoms with Gasteiger partial charge in [0.1, 0.15) is 0 Å². The zero-order chi connectivity index (χ0) is 13.2. The molecule has 1 N–H and O–H groups in total. The van der Waals surface area contributed by atoms with E-state index in [9.17, 15) is 5.11 Å². The molecule has 0 atom stereocenters. The van der Waals surface area contributed by atoms with Crippen molar-refractivity contribution in [1.29, 1.82) is 0 Å². The van der Waals surface area contributed by atoms with Gasteiger partial charge in [0.15, 0.2) is 0 Å². The van der Waals surface area contributed by atoms with E-state index in [0.717, 1.165) is 37.9 Å². The van der Waals surface area contributed by atoms with Crippen LogP contribution in [0.3, 0.4) is 0 Å². The van der Waals surface area contributed by atoms with Gasteiger partial charge in [0.2, 0.25) is 0 Å². The molecule has 2 fully saturated rings. The van der Waals surface area contributed by atoms with E-state index >= 15 is 0 Å². The van der Waals surface area contributed by atoms with Crippen molar-refractivity contribution in [2.24, 2.45) is 22.7 Å². The molecule has 2 saturated carbocycles. The molecule has 0 aromatic carbocycles. The molecule has 2 heteroatoms. The van der Waals surface area contributed by atoms with Crippen molar-refractivity contribution in [3.05, 3.63) is 0 Å². The van der Waals surface area contributed by atoms with Crippen LogP contribution < -0.4 is 0 Å². The van der Waals surface area contributed by atoms with Crippen molar-refractivity contribution in [1.82, 2.24) is 0 Å². The van der Waals surface area contributed by atoms with Gasteiger partial charge >= 0.3 is 0 Å². The van der Waals surface area contributed by atoms with Gasteiger partial charge in [-0.1, -0.05) is 20.8 Å². The Balaban J connectivity index is 1.78. The molecule has 0 aliphatic heterocycles. The number of hydrogen-bond donors (Lipinski definition) is 1. The normalized spacial score (nSPS) is 33.7. The maximum Gasteiger partial charge on any atom is 0.0544 e. The summed E-state index contributed by atoms with van der Waals surface area (Å²) in [6.07, 6.45) is 7.45. The molecule has 2 rings (SSSR count). The first-order chi connectivity index (χ1) is 8.45. The summed E-state index contributed by atoms with van der Waals surface area (Å²) in [5.74, 6) is 1.63. The summed E-state index contributed by atoms with van der Waals surface area (Å²) in [6, 6.07) is 0. The van der Waals surface area contributed by atoms with Crippen LogP contribution in [0.4, 0.5) is 0 Å². The Morgan fingerprint density at radius 1 is 1.11 bits per heavy atom. The van der Waals surface area contributed by atoms with Crippen molar-refractivity contribution >= 4 is 0 Å². The summed E-state index contributed by atoms with van der Waals surface area (Å²) < 4.78 is 5.85. The lowest BCUT2D eigenvalue weighted by Crippen LogP contribution is -2.38. The van der Waals surface area contributed by atoms with Gasteiger partial charge in [-0.25, -0.2) is 0 Å². The zero-order valence-electron chi connectivity index (χ0n) is 12.4. The topological polar surface area (TPSA) is 29.5 Å². The maximum absolute atomic E-state index is 9.73. The molecule has 0 bridgehead atoms. The molecule has 18 heavy (non-hydrogen) atoms. The first-order valence-electron chi connectivity index (χ1n) is 7.64. The molecule has 2 aliphatic rings. The van der Waals surface area contributed by atoms with Crippen LogP contribution in [0.5, 0.6) is 0 Å². The maximum atomic E-state index is 9.73. The third kappa shape index (κ3) is 3.71. The SMILES string of the molecule is CC(C)(C)C1CCC(CO)(COCC2CC2)CC1. The van der Waals surface area contributed by atoms with Gasteiger partial charge in [0.25, 0.3) is 0 Å². The standard InChI is InChI=1S/C16H30O2/c1-15(2,3)14-6-8-16(11-17,9-7-14)12-18-10-13-4-5-13/h13-14,17H,4-12H2,1-3H3. The van der Waals surface area contributed by atoms with E-state index in [4.69, 9.17) is 4.74 Å². The molecule has 106 valence electrons. The summed E-state index contributed by atoms with van der Waals surface area (Å²) in [7, 11) is 0. The van der Waals surface area contributed by atoms with Crippen LogP contribution in [-0.2, 0) is 4.74 Å². The van der Waals surface area contributed by atoms with E-state index in [0.29, 0.717) is 12.0 Å². The summed E-state index contributed by atoms with van der Waals surface area (Å²) >= 11 is 0. The molecule has 0 amide bonds. The summed E-state index contributed by atoms with van der Waals surface area (Å²) in [6.45, 7) is 9.02. The lowest BCUT2D eigenvalue weighted by Gasteiger charge is -2.43. The Morgan fingerprint density at radius 2 is 1.72 bits per heavy atom. The third-order valence-electron chi connectivity index (χ3n) is 5.07. The molecule has 2 nitrogen and oxygen atoms in total. The van der Waals surface area contributed by atoms with Crippen LogP contribution in [0.1, 0.15) is 59.3 Å². The second-order valence-corrected chi connectivity index (χ2v) is 7.76. The fraction of sp³-hybridized carbons (Fsp3) is 1.00. The highest BCUT2D eigenvalue weighted by Gasteiger charge is 2.38. The second kappa shape index (κ2) is 5.50. The van der Waals surface area contributed by atoms with Crippen molar-refractivity contribution in [2.45, 2.75) is 59.3 Å². The van der Waals surface area contributed by atoms with Crippen LogP contribution in [0.15, 0.2) is 0 Å². The van der Waals surface area contributed by atoms with Crippen molar-refractivity contribution < 1.29 is 9.84 Å². The van der Waals surface area contributed by atoms with E-state index in [1.807, 2.05) is 0 Å². The number of hydrogen-bond acceptors (Lipinski definition) is 2. The van der Waals surface area contributed by atoms with E-state index < -0.39 is 0 Å². The lowest BCUT2D eigenvalue weighted by molar-refractivity contribution is -0.0377. The van der Waals surface area contributed by atoms with Gasteiger partial charge in [0, 0.05) is 12.0 Å². The minimum atomic E-state index is 0.0661. The van der Waals surface area contributed by atoms with E-state index in [-0.39, 0.29) is 5.41 Å². The molecule has 0 spiro atoms. The summed E-state index contributed by atoms with van der Waals surface area (Å²) in [5.41, 5.74) is 0.479. The van der Waals surface area contributed by atoms with Gasteiger partial charge in [-0.15, -0.1) is 0 Å². The Bertz CT molecular complexity index is 255. The number of aliphatic hydroxyl groups excluding tert-OH is 1. The van der Waals surface area contributed by atoms with E-state index in [1.54, 1.807) is 0 Å². The zero-order valence-corrected chi connectivity index (χ0v) is 12.4. The highest BCUT2D eigenvalue weighted by Crippen LogP contribution is 2.45. The van der Waals surface area contributed by atoms with E-state index in [1.165, 1.54) is 25.7 Å². The molecule has 0 aromatic rings. The molecular formula is C16H30O2. The Labute approximate surface area is 112 Å². The number of aliphatic hydroxyl groups is 1. The number of ether oxygens (including phenoxy) is 1. The molecule has 0 heterocycles. The van der Waals surface area contributed by atoms with Crippen molar-refractivity contribution in [3.63, 3.8) is 0 Å². The van der Waals surface area contributed by atoms with E-state index in [2.05, 4.69) is 20.8 Å². The van der Waals surface area contributed by atoms with Crippen LogP contribution in [0, 0.1) is 22.7 Å². The highest BCUT2D eigenvalue weighted by atomic mass is 16.5. The van der Waals surface area contributed by atoms with Gasteiger partial charge < -0.3 is 9.84 Å². The first kappa shape index (κ1) is 14.3. The summed E-state index contributed by atoms with van der Waals surface area (Å²) in [5, 5.41) is 9.73. The van der Waals surface area contributed by atoms with Gasteiger partial charge in [-0.05, 0) is 55.8 Å². The predicted octanol–water partition coefficient (Wildman–Crippen LogP) is 3.63. The van der Waals surface area contributed by atoms with Crippen molar-refractivity contribution in [2.75, 3.05) is 19.8 Å². The number of rotatable bonds is 5. The van der Waals surface area contributed by atoms with Gasteiger partial charge in [-0.2, -0.15) is 0 Å². The molecule has 0 aromatic heterocycles. The van der Waals surface area contributed by atoms with Gasteiger partial charge in [0.05, 0.1) is 13.2 Å². The summed E-state index contributed by atoms with van der Waals surface area (Å²) in [4.78, 5) is 0. The monoisotopic (exact) mass is 254 g/mol. The predicted molar refractivity (Wildman–Crippen MR) is 74.5 cm³/mol. The second-order valence-electron chi connectivity index (χ2n) is 7.76. The van der Waals surface area contributed by atoms with Crippen LogP contribution in [0.25, 0.3) is 0 Å². The Hall–Kier alpha value is -0.0800. The molecule has 0 saturated heterocycles. The molecule has 2 aliphatic carbocycles. The van der Waals surface area contributed by atoms with Crippen molar-refractivity contribution in [3.8, 4) is 0 Å². The van der Waals surface area contributed by atoms with Crippen LogP contribution >= 0.6 is 0 Å². The molecule has 0 unspecified atom stereocenters. The highest BCUT2D eigenvalue weighted by molar-refractivity contribution is 4.89. The molecule has 0 radical (unpaired) electrons. The quantitative estimate of drug-likeness (QED) is 0.812. The lowest BCUT2D eigenvalue weighted by atomic mass is 9.64. The Kier molecular flexibility index (Phi) is 4.38. The van der Waals surface area contributed by atoms with Crippen LogP contribution in [0.2, 0.25) is 0 Å². The average molecular weight is 254 g/mol. The first-order valence-corrected chi connectivity index (χ1v) is 7.64. The largest absolute Gasteiger partial charge is 0.396 e. The fourth-order valence-corrected chi connectivity index (χ4v) is 3.17. The van der Waals surface area contributed by atoms with Crippen LogP contribution in [-0.4, -0.2) is 24.9 Å². The van der Waals surface area contributed by atoms with Gasteiger partial charge in [-0.3, -0.25) is 0 Å². The average Bonchev–Trinajstić information content (AvgIpc) is 3.12. The smallest absolute Gasteiger partial charge is 0.0544 e. The molecular weight excluding hydrogens is 224 g/mol. The minimum absolute atomic E-state index is 0.0661. The Morgan fingerprint density at radius 3 is 2.17 bits per heavy atom. The third-order valence-corrected chi connectivity index (χ3v) is 5.07.